The Hall–Kier alpha value is -0.860. The minimum absolute atomic E-state index is 0.236. The van der Waals surface area contributed by atoms with Crippen LogP contribution in [0.15, 0.2) is 24.3 Å². The summed E-state index contributed by atoms with van der Waals surface area (Å²) in [5.74, 6) is 0.629. The lowest BCUT2D eigenvalue weighted by atomic mass is 9.87. The average molecular weight is 277 g/mol. The molecule has 0 saturated heterocycles. The third-order valence-corrected chi connectivity index (χ3v) is 3.24. The Bertz CT molecular complexity index is 362. The van der Waals surface area contributed by atoms with Crippen molar-refractivity contribution >= 4 is 0 Å². The second-order valence-corrected chi connectivity index (χ2v) is 6.95. The molecule has 0 unspecified atom stereocenters. The van der Waals surface area contributed by atoms with Gasteiger partial charge >= 0.3 is 0 Å². The monoisotopic (exact) mass is 277 g/mol. The molecule has 0 saturated carbocycles. The smallest absolute Gasteiger partial charge is 0.0489 e. The number of nitrogens with one attached hydrogen (secondary N) is 1. The van der Waals surface area contributed by atoms with E-state index in [0.29, 0.717) is 5.92 Å². The third kappa shape index (κ3) is 7.06. The van der Waals surface area contributed by atoms with Crippen LogP contribution in [0.2, 0.25) is 0 Å². The minimum atomic E-state index is 0.236. The molecule has 20 heavy (non-hydrogen) atoms. The molecule has 0 aliphatic rings. The number of hydrogen-bond acceptors (Lipinski definition) is 2. The van der Waals surface area contributed by atoms with Crippen molar-refractivity contribution in [3.8, 4) is 0 Å². The van der Waals surface area contributed by atoms with E-state index >= 15 is 0 Å². The maximum atomic E-state index is 5.56. The molecule has 0 aromatic heterocycles. The molecule has 1 aromatic rings. The maximum absolute atomic E-state index is 5.56. The van der Waals surface area contributed by atoms with Crippen molar-refractivity contribution in [2.45, 2.75) is 53.0 Å². The highest BCUT2D eigenvalue weighted by molar-refractivity contribution is 5.27. The van der Waals surface area contributed by atoms with Crippen molar-refractivity contribution in [2.24, 2.45) is 5.92 Å². The van der Waals surface area contributed by atoms with Crippen molar-refractivity contribution in [2.75, 3.05) is 19.8 Å². The average Bonchev–Trinajstić information content (AvgIpc) is 2.37. The van der Waals surface area contributed by atoms with E-state index in [2.05, 4.69) is 64.2 Å². The Morgan fingerprint density at radius 3 is 2.30 bits per heavy atom. The molecule has 0 aliphatic carbocycles. The van der Waals surface area contributed by atoms with Gasteiger partial charge in [-0.15, -0.1) is 0 Å². The third-order valence-electron chi connectivity index (χ3n) is 3.24. The fourth-order valence-corrected chi connectivity index (χ4v) is 1.97. The molecule has 0 aliphatic heterocycles. The Kier molecular flexibility index (Phi) is 7.25. The van der Waals surface area contributed by atoms with Crippen LogP contribution in [0.1, 0.15) is 52.2 Å². The first-order valence-corrected chi connectivity index (χ1v) is 7.77. The van der Waals surface area contributed by atoms with Gasteiger partial charge in [0.05, 0.1) is 0 Å². The number of rotatable bonds is 8. The van der Waals surface area contributed by atoms with Gasteiger partial charge in [-0.3, -0.25) is 0 Å². The molecule has 114 valence electrons. The van der Waals surface area contributed by atoms with Crippen LogP contribution in [0, 0.1) is 5.92 Å². The van der Waals surface area contributed by atoms with Crippen LogP contribution in [-0.2, 0) is 16.7 Å². The van der Waals surface area contributed by atoms with Gasteiger partial charge in [0.25, 0.3) is 0 Å². The first-order chi connectivity index (χ1) is 9.39. The first-order valence-electron chi connectivity index (χ1n) is 7.77. The fraction of sp³-hybridized carbons (Fsp3) is 0.667. The second kappa shape index (κ2) is 8.43. The van der Waals surface area contributed by atoms with Crippen molar-refractivity contribution in [1.29, 1.82) is 0 Å². The van der Waals surface area contributed by atoms with Crippen LogP contribution in [0.5, 0.6) is 0 Å². The predicted octanol–water partition coefficient (Wildman–Crippen LogP) is 4.14. The van der Waals surface area contributed by atoms with Gasteiger partial charge in [0.2, 0.25) is 0 Å². The van der Waals surface area contributed by atoms with E-state index in [-0.39, 0.29) is 5.41 Å². The van der Waals surface area contributed by atoms with Crippen molar-refractivity contribution < 1.29 is 4.74 Å². The molecule has 1 N–H and O–H groups in total. The molecule has 2 heteroatoms. The SMILES string of the molecule is CC(C)COCCCNCc1ccc(C(C)(C)C)cc1. The van der Waals surface area contributed by atoms with Crippen molar-refractivity contribution in [3.63, 3.8) is 0 Å². The summed E-state index contributed by atoms with van der Waals surface area (Å²) in [6.07, 6.45) is 1.08. The van der Waals surface area contributed by atoms with Gasteiger partial charge in [-0.05, 0) is 35.4 Å². The highest BCUT2D eigenvalue weighted by Gasteiger charge is 2.12. The maximum Gasteiger partial charge on any atom is 0.0489 e. The lowest BCUT2D eigenvalue weighted by Gasteiger charge is -2.19. The zero-order chi connectivity index (χ0) is 15.0. The van der Waals surface area contributed by atoms with Crippen LogP contribution in [0.3, 0.4) is 0 Å². The van der Waals surface area contributed by atoms with Gasteiger partial charge in [0, 0.05) is 19.8 Å². The van der Waals surface area contributed by atoms with Gasteiger partial charge < -0.3 is 10.1 Å². The van der Waals surface area contributed by atoms with Gasteiger partial charge in [0.1, 0.15) is 0 Å². The van der Waals surface area contributed by atoms with Crippen LogP contribution < -0.4 is 5.32 Å². The van der Waals surface area contributed by atoms with Crippen molar-refractivity contribution in [1.82, 2.24) is 5.32 Å². The molecule has 1 rings (SSSR count). The molecule has 0 fully saturated rings. The largest absolute Gasteiger partial charge is 0.381 e. The van der Waals surface area contributed by atoms with Gasteiger partial charge in [0.15, 0.2) is 0 Å². The normalized spacial score (nSPS) is 12.1. The second-order valence-electron chi connectivity index (χ2n) is 6.95. The summed E-state index contributed by atoms with van der Waals surface area (Å²) in [6, 6.07) is 8.93. The predicted molar refractivity (Wildman–Crippen MR) is 87.1 cm³/mol. The topological polar surface area (TPSA) is 21.3 Å². The summed E-state index contributed by atoms with van der Waals surface area (Å²) in [6.45, 7) is 14.8. The zero-order valence-electron chi connectivity index (χ0n) is 13.8. The summed E-state index contributed by atoms with van der Waals surface area (Å²) < 4.78 is 5.56. The summed E-state index contributed by atoms with van der Waals surface area (Å²) in [5, 5.41) is 3.47. The number of benzene rings is 1. The number of hydrogen-bond donors (Lipinski definition) is 1. The molecular weight excluding hydrogens is 246 g/mol. The van der Waals surface area contributed by atoms with Gasteiger partial charge in [-0.1, -0.05) is 58.9 Å². The summed E-state index contributed by atoms with van der Waals surface area (Å²) in [5.41, 5.74) is 2.98. The van der Waals surface area contributed by atoms with Crippen LogP contribution in [0.25, 0.3) is 0 Å². The van der Waals surface area contributed by atoms with Crippen LogP contribution in [0.4, 0.5) is 0 Å². The van der Waals surface area contributed by atoms with E-state index in [4.69, 9.17) is 4.74 Å². The lowest BCUT2D eigenvalue weighted by Crippen LogP contribution is -2.17. The zero-order valence-corrected chi connectivity index (χ0v) is 13.8. The molecule has 0 spiro atoms. The molecule has 0 amide bonds. The molecule has 0 radical (unpaired) electrons. The highest BCUT2D eigenvalue weighted by Crippen LogP contribution is 2.22. The number of ether oxygens (including phenoxy) is 1. The quantitative estimate of drug-likeness (QED) is 0.721. The first kappa shape index (κ1) is 17.2. The standard InChI is InChI=1S/C18H31NO/c1-15(2)14-20-12-6-11-19-13-16-7-9-17(10-8-16)18(3,4)5/h7-10,15,19H,6,11-14H2,1-5H3. The van der Waals surface area contributed by atoms with Gasteiger partial charge in [-0.2, -0.15) is 0 Å². The Morgan fingerprint density at radius 2 is 1.75 bits per heavy atom. The molecule has 2 nitrogen and oxygen atoms in total. The van der Waals surface area contributed by atoms with E-state index in [1.54, 1.807) is 0 Å². The van der Waals surface area contributed by atoms with E-state index in [1.807, 2.05) is 0 Å². The van der Waals surface area contributed by atoms with Crippen LogP contribution >= 0.6 is 0 Å². The molecule has 1 aromatic carbocycles. The molecule has 0 bridgehead atoms. The van der Waals surface area contributed by atoms with E-state index in [1.165, 1.54) is 11.1 Å². The Morgan fingerprint density at radius 1 is 1.10 bits per heavy atom. The summed E-state index contributed by atoms with van der Waals surface area (Å²) in [4.78, 5) is 0. The van der Waals surface area contributed by atoms with E-state index in [0.717, 1.165) is 32.7 Å². The minimum Gasteiger partial charge on any atom is -0.381 e. The molecule has 0 atom stereocenters. The highest BCUT2D eigenvalue weighted by atomic mass is 16.5. The van der Waals surface area contributed by atoms with E-state index in [9.17, 15) is 0 Å². The van der Waals surface area contributed by atoms with Crippen LogP contribution in [-0.4, -0.2) is 19.8 Å². The summed E-state index contributed by atoms with van der Waals surface area (Å²) in [7, 11) is 0. The molecular formula is C18H31NO. The fourth-order valence-electron chi connectivity index (χ4n) is 1.97. The van der Waals surface area contributed by atoms with E-state index < -0.39 is 0 Å². The Balaban J connectivity index is 2.16. The lowest BCUT2D eigenvalue weighted by molar-refractivity contribution is 0.108. The summed E-state index contributed by atoms with van der Waals surface area (Å²) >= 11 is 0. The van der Waals surface area contributed by atoms with Gasteiger partial charge in [-0.25, -0.2) is 0 Å². The Labute approximate surface area is 124 Å². The molecule has 0 heterocycles. The van der Waals surface area contributed by atoms with Crippen molar-refractivity contribution in [3.05, 3.63) is 35.4 Å².